The normalized spacial score (nSPS) is 17.4. The predicted octanol–water partition coefficient (Wildman–Crippen LogP) is 4.25. The Morgan fingerprint density at radius 1 is 1.45 bits per heavy atom. The van der Waals surface area contributed by atoms with Crippen LogP contribution in [0.5, 0.6) is 0 Å². The molecule has 0 radical (unpaired) electrons. The zero-order valence-electron chi connectivity index (χ0n) is 11.5. The van der Waals surface area contributed by atoms with E-state index in [4.69, 9.17) is 17.5 Å². The van der Waals surface area contributed by atoms with Crippen LogP contribution in [0.4, 0.5) is 0 Å². The molecule has 1 aromatic heterocycles. The summed E-state index contributed by atoms with van der Waals surface area (Å²) in [5.74, 6) is 0. The van der Waals surface area contributed by atoms with E-state index in [-0.39, 0.29) is 0 Å². The maximum Gasteiger partial charge on any atom is 0.178 e. The summed E-state index contributed by atoms with van der Waals surface area (Å²) >= 11 is 7.44. The second kappa shape index (κ2) is 5.27. The van der Waals surface area contributed by atoms with Gasteiger partial charge >= 0.3 is 0 Å². The standard InChI is InChI=1S/C15H17N3S2/c1-20-15(6-2-3-7-15)10-18-13-8-11(9-16)4-5-12(13)17-14(18)19/h4-5,8H,2-3,6-7,10H2,1H3,(H,17,19). The number of imidazole rings is 1. The van der Waals surface area contributed by atoms with Crippen LogP contribution in [-0.2, 0) is 6.54 Å². The molecule has 0 aliphatic heterocycles. The first-order valence-corrected chi connectivity index (χ1v) is 8.49. The highest BCUT2D eigenvalue weighted by Gasteiger charge is 2.33. The van der Waals surface area contributed by atoms with Crippen LogP contribution in [0.2, 0.25) is 0 Å². The molecule has 0 saturated heterocycles. The number of aromatic amines is 1. The van der Waals surface area contributed by atoms with Crippen LogP contribution >= 0.6 is 24.0 Å². The maximum absolute atomic E-state index is 9.08. The molecule has 0 unspecified atom stereocenters. The number of fused-ring (bicyclic) bond motifs is 1. The van der Waals surface area contributed by atoms with Gasteiger partial charge in [-0.3, -0.25) is 0 Å². The molecule has 0 amide bonds. The van der Waals surface area contributed by atoms with Gasteiger partial charge in [0.25, 0.3) is 0 Å². The van der Waals surface area contributed by atoms with Gasteiger partial charge in [-0.2, -0.15) is 17.0 Å². The van der Waals surface area contributed by atoms with Gasteiger partial charge in [0.05, 0.1) is 22.7 Å². The Morgan fingerprint density at radius 3 is 2.85 bits per heavy atom. The molecule has 1 fully saturated rings. The van der Waals surface area contributed by atoms with Gasteiger partial charge in [-0.15, -0.1) is 0 Å². The molecule has 1 saturated carbocycles. The highest BCUT2D eigenvalue weighted by atomic mass is 32.2. The highest BCUT2D eigenvalue weighted by Crippen LogP contribution is 2.42. The molecule has 0 spiro atoms. The smallest absolute Gasteiger partial charge is 0.178 e. The number of rotatable bonds is 3. The Morgan fingerprint density at radius 2 is 2.20 bits per heavy atom. The summed E-state index contributed by atoms with van der Waals surface area (Å²) in [7, 11) is 0. The number of hydrogen-bond donors (Lipinski definition) is 1. The average molecular weight is 303 g/mol. The predicted molar refractivity (Wildman–Crippen MR) is 86.6 cm³/mol. The van der Waals surface area contributed by atoms with Crippen molar-refractivity contribution >= 4 is 35.0 Å². The summed E-state index contributed by atoms with van der Waals surface area (Å²) in [4.78, 5) is 3.25. The average Bonchev–Trinajstić information content (AvgIpc) is 3.05. The summed E-state index contributed by atoms with van der Waals surface area (Å²) in [5.41, 5.74) is 2.75. The maximum atomic E-state index is 9.08. The molecule has 0 atom stereocenters. The van der Waals surface area contributed by atoms with E-state index in [1.807, 2.05) is 30.0 Å². The first kappa shape index (κ1) is 13.7. The number of thioether (sulfide) groups is 1. The molecule has 104 valence electrons. The molecule has 0 bridgehead atoms. The number of benzene rings is 1. The van der Waals surface area contributed by atoms with Crippen molar-refractivity contribution in [3.63, 3.8) is 0 Å². The van der Waals surface area contributed by atoms with Crippen molar-refractivity contribution in [2.75, 3.05) is 6.26 Å². The van der Waals surface area contributed by atoms with Crippen LogP contribution in [0.25, 0.3) is 11.0 Å². The third-order valence-corrected chi connectivity index (χ3v) is 6.02. The summed E-state index contributed by atoms with van der Waals surface area (Å²) in [5, 5.41) is 9.08. The minimum absolute atomic E-state index is 0.302. The van der Waals surface area contributed by atoms with Gasteiger partial charge in [0, 0.05) is 11.3 Å². The van der Waals surface area contributed by atoms with Crippen molar-refractivity contribution in [3.8, 4) is 6.07 Å². The van der Waals surface area contributed by atoms with Crippen LogP contribution in [0, 0.1) is 16.1 Å². The molecule has 1 aliphatic rings. The number of nitriles is 1. The summed E-state index contributed by atoms with van der Waals surface area (Å²) in [6, 6.07) is 7.92. The lowest BCUT2D eigenvalue weighted by molar-refractivity contribution is 0.510. The molecule has 1 aliphatic carbocycles. The molecule has 1 aromatic carbocycles. The fourth-order valence-corrected chi connectivity index (χ4v) is 4.34. The fraction of sp³-hybridized carbons (Fsp3) is 0.467. The van der Waals surface area contributed by atoms with E-state index in [1.54, 1.807) is 0 Å². The molecule has 1 N–H and O–H groups in total. The van der Waals surface area contributed by atoms with Crippen molar-refractivity contribution < 1.29 is 0 Å². The minimum Gasteiger partial charge on any atom is -0.331 e. The molecule has 5 heteroatoms. The van der Waals surface area contributed by atoms with Gasteiger partial charge in [0.2, 0.25) is 0 Å². The Balaban J connectivity index is 2.09. The lowest BCUT2D eigenvalue weighted by Crippen LogP contribution is -2.26. The molecule has 20 heavy (non-hydrogen) atoms. The van der Waals surface area contributed by atoms with E-state index in [1.165, 1.54) is 25.7 Å². The van der Waals surface area contributed by atoms with Crippen LogP contribution < -0.4 is 0 Å². The Labute approximate surface area is 128 Å². The largest absolute Gasteiger partial charge is 0.331 e. The summed E-state index contributed by atoms with van der Waals surface area (Å²) in [6.45, 7) is 0.932. The van der Waals surface area contributed by atoms with Crippen LogP contribution in [-0.4, -0.2) is 20.6 Å². The third-order valence-electron chi connectivity index (χ3n) is 4.30. The number of H-pyrrole nitrogens is 1. The van der Waals surface area contributed by atoms with Gasteiger partial charge in [-0.25, -0.2) is 0 Å². The molecule has 3 rings (SSSR count). The first-order chi connectivity index (χ1) is 9.67. The Bertz CT molecular complexity index is 730. The SMILES string of the molecule is CSC1(Cn2c(=S)[nH]c3ccc(C#N)cc32)CCCC1. The lowest BCUT2D eigenvalue weighted by Gasteiger charge is -2.27. The number of hydrogen-bond acceptors (Lipinski definition) is 3. The third kappa shape index (κ3) is 2.27. The molecular formula is C15H17N3S2. The second-order valence-electron chi connectivity index (χ2n) is 5.45. The monoisotopic (exact) mass is 303 g/mol. The van der Waals surface area contributed by atoms with E-state index in [9.17, 15) is 0 Å². The van der Waals surface area contributed by atoms with Gasteiger partial charge in [-0.05, 0) is 49.5 Å². The Kier molecular flexibility index (Phi) is 3.61. The van der Waals surface area contributed by atoms with E-state index in [0.29, 0.717) is 10.3 Å². The summed E-state index contributed by atoms with van der Waals surface area (Å²) in [6.07, 6.45) is 7.31. The highest BCUT2D eigenvalue weighted by molar-refractivity contribution is 8.00. The lowest BCUT2D eigenvalue weighted by atomic mass is 10.1. The van der Waals surface area contributed by atoms with E-state index in [2.05, 4.69) is 21.9 Å². The van der Waals surface area contributed by atoms with E-state index < -0.39 is 0 Å². The number of nitrogens with zero attached hydrogens (tertiary/aromatic N) is 2. The first-order valence-electron chi connectivity index (χ1n) is 6.85. The second-order valence-corrected chi connectivity index (χ2v) is 7.12. The molecular weight excluding hydrogens is 286 g/mol. The molecule has 1 heterocycles. The Hall–Kier alpha value is -1.25. The van der Waals surface area contributed by atoms with E-state index >= 15 is 0 Å². The van der Waals surface area contributed by atoms with Crippen LogP contribution in [0.3, 0.4) is 0 Å². The van der Waals surface area contributed by atoms with Crippen molar-refractivity contribution in [2.24, 2.45) is 0 Å². The number of aromatic nitrogens is 2. The van der Waals surface area contributed by atoms with Crippen LogP contribution in [0.15, 0.2) is 18.2 Å². The quantitative estimate of drug-likeness (QED) is 0.862. The van der Waals surface area contributed by atoms with Crippen molar-refractivity contribution in [3.05, 3.63) is 28.5 Å². The van der Waals surface area contributed by atoms with Gasteiger partial charge in [-0.1, -0.05) is 12.8 Å². The molecule has 3 nitrogen and oxygen atoms in total. The van der Waals surface area contributed by atoms with Crippen LogP contribution in [0.1, 0.15) is 31.2 Å². The molecule has 2 aromatic rings. The van der Waals surface area contributed by atoms with Crippen molar-refractivity contribution in [2.45, 2.75) is 37.0 Å². The summed E-state index contributed by atoms with van der Waals surface area (Å²) < 4.78 is 3.24. The van der Waals surface area contributed by atoms with Crippen molar-refractivity contribution in [1.29, 1.82) is 5.26 Å². The number of nitrogens with one attached hydrogen (secondary N) is 1. The van der Waals surface area contributed by atoms with Gasteiger partial charge in [0.1, 0.15) is 0 Å². The van der Waals surface area contributed by atoms with E-state index in [0.717, 1.165) is 22.3 Å². The fourth-order valence-electron chi connectivity index (χ4n) is 3.11. The van der Waals surface area contributed by atoms with Crippen molar-refractivity contribution in [1.82, 2.24) is 9.55 Å². The van der Waals surface area contributed by atoms with Gasteiger partial charge in [0.15, 0.2) is 4.77 Å². The zero-order chi connectivity index (χ0) is 14.2. The van der Waals surface area contributed by atoms with Gasteiger partial charge < -0.3 is 9.55 Å². The zero-order valence-corrected chi connectivity index (χ0v) is 13.1. The topological polar surface area (TPSA) is 44.5 Å². The minimum atomic E-state index is 0.302.